The maximum absolute atomic E-state index is 11.5. The smallest absolute Gasteiger partial charge is 0.726 e. The minimum atomic E-state index is -4.72. The normalized spacial score (nSPS) is 12.7. The summed E-state index contributed by atoms with van der Waals surface area (Å²) in [6.07, 6.45) is 13.8. The average Bonchev–Trinajstić information content (AvgIpc) is 2.68. The van der Waals surface area contributed by atoms with Gasteiger partial charge in [-0.05, 0) is 32.1 Å². The Balaban J connectivity index is -0.00000480. The Morgan fingerprint density at radius 2 is 1.50 bits per heavy atom. The van der Waals surface area contributed by atoms with Crippen LogP contribution in [0.5, 0.6) is 0 Å². The molecule has 0 aromatic rings. The van der Waals surface area contributed by atoms with Crippen molar-refractivity contribution in [1.82, 2.24) is 5.32 Å². The second-order valence-electron chi connectivity index (χ2n) is 7.57. The monoisotopic (exact) mass is 545 g/mol. The van der Waals surface area contributed by atoms with Crippen LogP contribution in [0.4, 0.5) is 0 Å². The predicted molar refractivity (Wildman–Crippen MR) is 118 cm³/mol. The third-order valence-corrected chi connectivity index (χ3v) is 5.59. The summed E-state index contributed by atoms with van der Waals surface area (Å²) in [5.74, 6) is -0.216. The Morgan fingerprint density at radius 1 is 0.882 bits per heavy atom. The van der Waals surface area contributed by atoms with Crippen molar-refractivity contribution >= 4 is 26.7 Å². The molecule has 0 radical (unpaired) electrons. The second-order valence-corrected chi connectivity index (χ2v) is 9.63. The number of amides is 1. The summed E-state index contributed by atoms with van der Waals surface area (Å²) in [5, 5.41) is 2.48. The summed E-state index contributed by atoms with van der Waals surface area (Å²) in [5.41, 5.74) is 0. The molecule has 0 rings (SSSR count). The van der Waals surface area contributed by atoms with E-state index in [1.54, 1.807) is 0 Å². The summed E-state index contributed by atoms with van der Waals surface area (Å²) in [4.78, 5) is 11.5. The van der Waals surface area contributed by atoms with Gasteiger partial charge in [0.15, 0.2) is 0 Å². The standard InChI is InChI=1S/C20H39NO9S2.2Na/c1-2-3-4-11-14-19(30-32(26,27)28)15-12-9-7-5-6-8-10-13-16-20(22)21-17-18-29-31(23,24)25;;/h9,12,19H,2-8,10-11,13-18H2,1H3,(H,21,22)(H,23,24,25)(H,26,27,28);;/q;2*+1/p-2/b12-9-;;/t19-;;/m1../s1. The van der Waals surface area contributed by atoms with Gasteiger partial charge in [0.25, 0.3) is 0 Å². The van der Waals surface area contributed by atoms with Crippen LogP contribution in [0, 0.1) is 0 Å². The van der Waals surface area contributed by atoms with Gasteiger partial charge in [-0.3, -0.25) is 13.2 Å². The molecule has 1 amide bonds. The third-order valence-electron chi connectivity index (χ3n) is 4.63. The van der Waals surface area contributed by atoms with Gasteiger partial charge in [-0.2, -0.15) is 0 Å². The summed E-state index contributed by atoms with van der Waals surface area (Å²) < 4.78 is 71.9. The Labute approximate surface area is 249 Å². The molecule has 0 aromatic carbocycles. The molecule has 0 aliphatic heterocycles. The SMILES string of the molecule is CCCCCC[C@H](C/C=C\CCCCCCCC(=O)NCCOS(=O)(=O)[O-])OS(=O)(=O)[O-].[Na+].[Na+]. The van der Waals surface area contributed by atoms with Crippen LogP contribution < -0.4 is 64.4 Å². The van der Waals surface area contributed by atoms with Gasteiger partial charge in [0.1, 0.15) is 0 Å². The fourth-order valence-electron chi connectivity index (χ4n) is 3.04. The fourth-order valence-corrected chi connectivity index (χ4v) is 3.83. The molecule has 0 fully saturated rings. The van der Waals surface area contributed by atoms with E-state index in [1.807, 2.05) is 12.2 Å². The molecule has 0 spiro atoms. The van der Waals surface area contributed by atoms with Crippen LogP contribution in [0.15, 0.2) is 12.2 Å². The van der Waals surface area contributed by atoms with Crippen molar-refractivity contribution in [3.05, 3.63) is 12.2 Å². The summed E-state index contributed by atoms with van der Waals surface area (Å²) >= 11 is 0. The van der Waals surface area contributed by atoms with E-state index in [1.165, 1.54) is 0 Å². The second kappa shape index (κ2) is 24.3. The Kier molecular flexibility index (Phi) is 28.2. The fraction of sp³-hybridized carbons (Fsp3) is 0.850. The Morgan fingerprint density at radius 3 is 2.12 bits per heavy atom. The van der Waals surface area contributed by atoms with E-state index in [0.29, 0.717) is 25.7 Å². The van der Waals surface area contributed by atoms with E-state index in [-0.39, 0.29) is 78.2 Å². The maximum atomic E-state index is 11.5. The first-order chi connectivity index (χ1) is 15.0. The number of carbonyl (C=O) groups excluding carboxylic acids is 1. The Hall–Kier alpha value is 0.950. The minimum absolute atomic E-state index is 0. The van der Waals surface area contributed by atoms with Gasteiger partial charge in [-0.1, -0.05) is 64.0 Å². The van der Waals surface area contributed by atoms with Crippen molar-refractivity contribution in [1.29, 1.82) is 0 Å². The average molecular weight is 546 g/mol. The van der Waals surface area contributed by atoms with E-state index in [2.05, 4.69) is 20.6 Å². The molecule has 0 aliphatic rings. The van der Waals surface area contributed by atoms with Crippen LogP contribution in [0.25, 0.3) is 0 Å². The zero-order valence-corrected chi connectivity index (χ0v) is 26.5. The molecular formula is C20H37NNa2O9S2. The van der Waals surface area contributed by atoms with Crippen molar-refractivity contribution in [3.63, 3.8) is 0 Å². The number of allylic oxidation sites excluding steroid dienone is 1. The number of hydrogen-bond donors (Lipinski definition) is 1. The van der Waals surface area contributed by atoms with Crippen molar-refractivity contribution in [2.75, 3.05) is 13.2 Å². The number of nitrogens with one attached hydrogen (secondary N) is 1. The van der Waals surface area contributed by atoms with Gasteiger partial charge in [-0.25, -0.2) is 16.8 Å². The van der Waals surface area contributed by atoms with Crippen LogP contribution >= 0.6 is 0 Å². The van der Waals surface area contributed by atoms with E-state index >= 15 is 0 Å². The van der Waals surface area contributed by atoms with Gasteiger partial charge >= 0.3 is 59.1 Å². The van der Waals surface area contributed by atoms with Crippen LogP contribution in [-0.2, 0) is 34.0 Å². The molecule has 1 N–H and O–H groups in total. The summed E-state index contributed by atoms with van der Waals surface area (Å²) in [6, 6.07) is 0. The third kappa shape index (κ3) is 31.0. The molecule has 0 saturated heterocycles. The van der Waals surface area contributed by atoms with Crippen LogP contribution in [0.2, 0.25) is 0 Å². The molecule has 14 heteroatoms. The first-order valence-corrected chi connectivity index (χ1v) is 13.9. The van der Waals surface area contributed by atoms with Crippen molar-refractivity contribution in [2.24, 2.45) is 0 Å². The van der Waals surface area contributed by atoms with Gasteiger partial charge in [0.05, 0.1) is 12.7 Å². The van der Waals surface area contributed by atoms with Crippen molar-refractivity contribution < 1.29 is 98.2 Å². The molecule has 0 bridgehead atoms. The number of hydrogen-bond acceptors (Lipinski definition) is 9. The Bertz CT molecular complexity index is 732. The van der Waals surface area contributed by atoms with Crippen LogP contribution in [-0.4, -0.2) is 51.1 Å². The zero-order chi connectivity index (χ0) is 24.3. The molecule has 0 aliphatic carbocycles. The molecule has 0 saturated carbocycles. The molecule has 1 atom stereocenters. The zero-order valence-electron chi connectivity index (χ0n) is 20.8. The van der Waals surface area contributed by atoms with Crippen molar-refractivity contribution in [3.8, 4) is 0 Å². The summed E-state index contributed by atoms with van der Waals surface area (Å²) in [6.45, 7) is 1.69. The van der Waals surface area contributed by atoms with Gasteiger partial charge in [-0.15, -0.1) is 0 Å². The molecular weight excluding hydrogens is 508 g/mol. The minimum Gasteiger partial charge on any atom is -0.726 e. The van der Waals surface area contributed by atoms with E-state index < -0.39 is 26.9 Å². The number of rotatable bonds is 21. The van der Waals surface area contributed by atoms with E-state index in [9.17, 15) is 30.7 Å². The van der Waals surface area contributed by atoms with Crippen molar-refractivity contribution in [2.45, 2.75) is 96.5 Å². The van der Waals surface area contributed by atoms with Crippen LogP contribution in [0.3, 0.4) is 0 Å². The van der Waals surface area contributed by atoms with E-state index in [0.717, 1.165) is 57.8 Å². The van der Waals surface area contributed by atoms with E-state index in [4.69, 9.17) is 0 Å². The first kappa shape index (κ1) is 39.5. The molecule has 10 nitrogen and oxygen atoms in total. The predicted octanol–water partition coefficient (Wildman–Crippen LogP) is -2.92. The molecule has 0 aromatic heterocycles. The maximum Gasteiger partial charge on any atom is 1.00 e. The molecule has 0 unspecified atom stereocenters. The largest absolute Gasteiger partial charge is 1.00 e. The molecule has 190 valence electrons. The van der Waals surface area contributed by atoms with Gasteiger partial charge in [0, 0.05) is 13.0 Å². The van der Waals surface area contributed by atoms with Gasteiger partial charge < -0.3 is 14.4 Å². The number of carbonyl (C=O) groups is 1. The molecule has 0 heterocycles. The summed E-state index contributed by atoms with van der Waals surface area (Å²) in [7, 11) is -9.43. The van der Waals surface area contributed by atoms with Gasteiger partial charge in [0.2, 0.25) is 26.7 Å². The first-order valence-electron chi connectivity index (χ1n) is 11.2. The quantitative estimate of drug-likeness (QED) is 0.0524. The topological polar surface area (TPSA) is 162 Å². The number of unbranched alkanes of at least 4 members (excludes halogenated alkanes) is 8. The van der Waals surface area contributed by atoms with Crippen LogP contribution in [0.1, 0.15) is 90.4 Å². The molecule has 34 heavy (non-hydrogen) atoms.